The molecule has 0 fully saturated rings. The number of hydrogen-bond donors (Lipinski definition) is 2. The van der Waals surface area contributed by atoms with E-state index in [0.717, 1.165) is 30.2 Å². The van der Waals surface area contributed by atoms with E-state index in [0.29, 0.717) is 18.9 Å². The Labute approximate surface area is 123 Å². The number of carbonyl (C=O) groups is 1. The second-order valence-corrected chi connectivity index (χ2v) is 5.18. The molecule has 6 nitrogen and oxygen atoms in total. The highest BCUT2D eigenvalue weighted by atomic mass is 32.1. The zero-order valence-electron chi connectivity index (χ0n) is 12.2. The number of nitrogens with one attached hydrogen (secondary N) is 2. The summed E-state index contributed by atoms with van der Waals surface area (Å²) in [5, 5.41) is 9.51. The molecule has 0 unspecified atom stereocenters. The maximum Gasteiger partial charge on any atom is 0.307 e. The lowest BCUT2D eigenvalue weighted by Gasteiger charge is -2.10. The van der Waals surface area contributed by atoms with E-state index in [1.165, 1.54) is 7.11 Å². The lowest BCUT2D eigenvalue weighted by molar-refractivity contribution is -0.140. The molecule has 20 heavy (non-hydrogen) atoms. The first-order valence-electron chi connectivity index (χ1n) is 6.65. The predicted octanol–water partition coefficient (Wildman–Crippen LogP) is 1.11. The largest absolute Gasteiger partial charge is 0.469 e. The van der Waals surface area contributed by atoms with Gasteiger partial charge in [-0.05, 0) is 13.8 Å². The van der Waals surface area contributed by atoms with Crippen molar-refractivity contribution in [3.05, 3.63) is 16.1 Å². The van der Waals surface area contributed by atoms with Crippen molar-refractivity contribution in [2.75, 3.05) is 26.7 Å². The van der Waals surface area contributed by atoms with E-state index >= 15 is 0 Å². The van der Waals surface area contributed by atoms with E-state index in [1.54, 1.807) is 11.3 Å². The number of esters is 1. The first-order chi connectivity index (χ1) is 9.65. The van der Waals surface area contributed by atoms with Crippen LogP contribution in [0.25, 0.3) is 0 Å². The highest BCUT2D eigenvalue weighted by molar-refractivity contribution is 7.09. The third-order valence-corrected chi connectivity index (χ3v) is 3.32. The van der Waals surface area contributed by atoms with Crippen molar-refractivity contribution in [3.8, 4) is 0 Å². The molecule has 0 aromatic carbocycles. The van der Waals surface area contributed by atoms with E-state index in [4.69, 9.17) is 0 Å². The summed E-state index contributed by atoms with van der Waals surface area (Å²) in [4.78, 5) is 19.7. The number of rotatable bonds is 7. The maximum atomic E-state index is 11.0. The quantitative estimate of drug-likeness (QED) is 0.448. The van der Waals surface area contributed by atoms with E-state index < -0.39 is 0 Å². The summed E-state index contributed by atoms with van der Waals surface area (Å²) < 4.78 is 4.58. The van der Waals surface area contributed by atoms with Gasteiger partial charge in [0.2, 0.25) is 0 Å². The third kappa shape index (κ3) is 6.51. The fourth-order valence-corrected chi connectivity index (χ4v) is 2.18. The first kappa shape index (κ1) is 16.4. The van der Waals surface area contributed by atoms with Gasteiger partial charge in [0.05, 0.1) is 30.8 Å². The number of aliphatic imine (C=N–C) groups is 1. The van der Waals surface area contributed by atoms with E-state index in [-0.39, 0.29) is 5.97 Å². The molecule has 1 aromatic rings. The smallest absolute Gasteiger partial charge is 0.307 e. The zero-order valence-corrected chi connectivity index (χ0v) is 13.0. The first-order valence-corrected chi connectivity index (χ1v) is 7.53. The Bertz CT molecular complexity index is 445. The van der Waals surface area contributed by atoms with Crippen LogP contribution in [0.1, 0.15) is 24.0 Å². The van der Waals surface area contributed by atoms with Gasteiger partial charge in [-0.1, -0.05) is 0 Å². The van der Waals surface area contributed by atoms with Crippen LogP contribution in [-0.4, -0.2) is 43.7 Å². The van der Waals surface area contributed by atoms with Crippen LogP contribution in [0.15, 0.2) is 10.4 Å². The number of ether oxygens (including phenoxy) is 1. The molecule has 1 heterocycles. The van der Waals surface area contributed by atoms with Crippen molar-refractivity contribution < 1.29 is 9.53 Å². The summed E-state index contributed by atoms with van der Waals surface area (Å²) in [6, 6.07) is 0. The van der Waals surface area contributed by atoms with Crippen LogP contribution in [0.4, 0.5) is 0 Å². The van der Waals surface area contributed by atoms with Crippen molar-refractivity contribution >= 4 is 23.3 Å². The second kappa shape index (κ2) is 9.30. The molecule has 0 bridgehead atoms. The maximum absolute atomic E-state index is 11.0. The van der Waals surface area contributed by atoms with E-state index in [1.807, 2.05) is 13.8 Å². The Morgan fingerprint density at radius 3 is 2.90 bits per heavy atom. The third-order valence-electron chi connectivity index (χ3n) is 2.50. The summed E-state index contributed by atoms with van der Waals surface area (Å²) in [6.07, 6.45) is 1.14. The number of aryl methyl sites for hydroxylation is 1. The van der Waals surface area contributed by atoms with Crippen LogP contribution in [0.2, 0.25) is 0 Å². The Hall–Kier alpha value is -1.63. The molecule has 0 aliphatic heterocycles. The summed E-state index contributed by atoms with van der Waals surface area (Å²) in [5.41, 5.74) is 1.09. The van der Waals surface area contributed by atoms with Crippen LogP contribution in [0, 0.1) is 6.92 Å². The van der Waals surface area contributed by atoms with Crippen molar-refractivity contribution in [1.82, 2.24) is 15.6 Å². The number of carbonyl (C=O) groups excluding carboxylic acids is 1. The van der Waals surface area contributed by atoms with Gasteiger partial charge in [-0.2, -0.15) is 0 Å². The number of thiazole rings is 1. The van der Waals surface area contributed by atoms with Gasteiger partial charge >= 0.3 is 5.97 Å². The van der Waals surface area contributed by atoms with Gasteiger partial charge in [0.1, 0.15) is 0 Å². The van der Waals surface area contributed by atoms with Crippen molar-refractivity contribution in [3.63, 3.8) is 0 Å². The minimum absolute atomic E-state index is 0.248. The molecule has 1 aromatic heterocycles. The Kier molecular flexibility index (Phi) is 7.64. The number of methoxy groups -OCH3 is 1. The van der Waals surface area contributed by atoms with Crippen LogP contribution in [0.5, 0.6) is 0 Å². The van der Waals surface area contributed by atoms with Crippen molar-refractivity contribution in [2.45, 2.75) is 26.7 Å². The number of nitrogens with zero attached hydrogens (tertiary/aromatic N) is 2. The monoisotopic (exact) mass is 298 g/mol. The lowest BCUT2D eigenvalue weighted by atomic mass is 10.3. The summed E-state index contributed by atoms with van der Waals surface area (Å²) >= 11 is 1.66. The second-order valence-electron chi connectivity index (χ2n) is 4.12. The average Bonchev–Trinajstić information content (AvgIpc) is 2.84. The Morgan fingerprint density at radius 2 is 2.30 bits per heavy atom. The fourth-order valence-electron chi connectivity index (χ4n) is 1.53. The van der Waals surface area contributed by atoms with E-state index in [2.05, 4.69) is 30.7 Å². The molecule has 112 valence electrons. The van der Waals surface area contributed by atoms with Gasteiger partial charge in [0.15, 0.2) is 5.96 Å². The number of aromatic nitrogens is 1. The Morgan fingerprint density at radius 1 is 1.50 bits per heavy atom. The summed E-state index contributed by atoms with van der Waals surface area (Å²) in [6.45, 7) is 5.95. The predicted molar refractivity (Wildman–Crippen MR) is 81.2 cm³/mol. The molecular weight excluding hydrogens is 276 g/mol. The zero-order chi connectivity index (χ0) is 14.8. The van der Waals surface area contributed by atoms with Crippen molar-refractivity contribution in [2.24, 2.45) is 4.99 Å². The average molecular weight is 298 g/mol. The van der Waals surface area contributed by atoms with Crippen LogP contribution in [0.3, 0.4) is 0 Å². The fraction of sp³-hybridized carbons (Fsp3) is 0.615. The topological polar surface area (TPSA) is 75.6 Å². The molecule has 0 saturated heterocycles. The van der Waals surface area contributed by atoms with Crippen LogP contribution < -0.4 is 10.6 Å². The minimum atomic E-state index is -0.248. The van der Waals surface area contributed by atoms with Crippen LogP contribution in [-0.2, 0) is 16.0 Å². The molecule has 0 spiro atoms. The van der Waals surface area contributed by atoms with Gasteiger partial charge in [0.25, 0.3) is 0 Å². The summed E-state index contributed by atoms with van der Waals surface area (Å²) in [7, 11) is 1.38. The SMILES string of the molecule is CCNC(=NCCC(=O)OC)NCCc1csc(C)n1. The molecule has 0 saturated carbocycles. The number of hydrogen-bond acceptors (Lipinski definition) is 5. The van der Waals surface area contributed by atoms with Gasteiger partial charge in [-0.3, -0.25) is 9.79 Å². The van der Waals surface area contributed by atoms with E-state index in [9.17, 15) is 4.79 Å². The molecule has 1 rings (SSSR count). The van der Waals surface area contributed by atoms with Gasteiger partial charge in [-0.15, -0.1) is 11.3 Å². The minimum Gasteiger partial charge on any atom is -0.469 e. The highest BCUT2D eigenvalue weighted by Gasteiger charge is 2.02. The molecule has 0 aliphatic carbocycles. The van der Waals surface area contributed by atoms with Gasteiger partial charge in [0, 0.05) is 24.9 Å². The number of guanidine groups is 1. The Balaban J connectivity index is 2.34. The molecular formula is C13H22N4O2S. The van der Waals surface area contributed by atoms with Gasteiger partial charge < -0.3 is 15.4 Å². The van der Waals surface area contributed by atoms with Crippen LogP contribution >= 0.6 is 11.3 Å². The molecule has 0 atom stereocenters. The molecule has 0 amide bonds. The normalized spacial score (nSPS) is 11.2. The lowest BCUT2D eigenvalue weighted by Crippen LogP contribution is -2.38. The van der Waals surface area contributed by atoms with Gasteiger partial charge in [-0.25, -0.2) is 4.98 Å². The molecule has 0 radical (unpaired) electrons. The standard InChI is InChI=1S/C13H22N4O2S/c1-4-14-13(16-8-6-12(18)19-3)15-7-5-11-9-20-10(2)17-11/h9H,4-8H2,1-3H3,(H2,14,15,16). The summed E-state index contributed by atoms with van der Waals surface area (Å²) in [5.74, 6) is 0.464. The molecule has 2 N–H and O–H groups in total. The van der Waals surface area contributed by atoms with Crippen molar-refractivity contribution in [1.29, 1.82) is 0 Å². The molecule has 7 heteroatoms. The highest BCUT2D eigenvalue weighted by Crippen LogP contribution is 2.07. The molecule has 0 aliphatic rings.